The minimum absolute atomic E-state index is 0.156. The van der Waals surface area contributed by atoms with E-state index < -0.39 is 0 Å². The van der Waals surface area contributed by atoms with Crippen molar-refractivity contribution in [1.82, 2.24) is 14.7 Å². The molecule has 114 valence electrons. The quantitative estimate of drug-likeness (QED) is 0.851. The van der Waals surface area contributed by atoms with Crippen LogP contribution in [-0.2, 0) is 12.1 Å². The highest BCUT2D eigenvalue weighted by molar-refractivity contribution is 5.17. The van der Waals surface area contributed by atoms with E-state index in [0.29, 0.717) is 12.3 Å². The van der Waals surface area contributed by atoms with Crippen LogP contribution >= 0.6 is 0 Å². The maximum Gasteiger partial charge on any atom is 0.101 e. The minimum atomic E-state index is -0.156. The highest BCUT2D eigenvalue weighted by atomic mass is 15.4. The van der Waals surface area contributed by atoms with Crippen LogP contribution in [0.4, 0.5) is 0 Å². The molecule has 1 saturated heterocycles. The van der Waals surface area contributed by atoms with Crippen LogP contribution in [0.5, 0.6) is 0 Å². The van der Waals surface area contributed by atoms with Gasteiger partial charge in [-0.25, -0.2) is 0 Å². The van der Waals surface area contributed by atoms with Gasteiger partial charge in [0.05, 0.1) is 18.7 Å². The molecular weight excluding hydrogens is 272 g/mol. The molecule has 0 N–H and O–H groups in total. The molecule has 3 rings (SSSR count). The largest absolute Gasteiger partial charge is 0.294 e. The fraction of sp³-hybridized carbons (Fsp3) is 0.444. The molecule has 1 aromatic heterocycles. The number of nitriles is 1. The first-order valence-corrected chi connectivity index (χ1v) is 7.81. The fourth-order valence-corrected chi connectivity index (χ4v) is 3.12. The molecule has 0 saturated carbocycles. The number of rotatable bonds is 5. The Morgan fingerprint density at radius 3 is 2.59 bits per heavy atom. The summed E-state index contributed by atoms with van der Waals surface area (Å²) in [6, 6.07) is 12.8. The van der Waals surface area contributed by atoms with Crippen LogP contribution in [0, 0.1) is 11.3 Å². The van der Waals surface area contributed by atoms with Crippen LogP contribution in [-0.4, -0.2) is 27.8 Å². The van der Waals surface area contributed by atoms with E-state index in [1.807, 2.05) is 16.9 Å². The van der Waals surface area contributed by atoms with Crippen LogP contribution in [0.15, 0.2) is 42.7 Å². The monoisotopic (exact) mass is 294 g/mol. The summed E-state index contributed by atoms with van der Waals surface area (Å²) in [5.41, 5.74) is 2.40. The SMILES string of the molecule is CC(C)c1cnn(C2(CC#N)CN(Cc3ccccc3)C2)c1. The van der Waals surface area contributed by atoms with Gasteiger partial charge in [0.1, 0.15) is 5.54 Å². The molecule has 22 heavy (non-hydrogen) atoms. The number of likely N-dealkylation sites (tertiary alicyclic amines) is 1. The van der Waals surface area contributed by atoms with Crippen molar-refractivity contribution in [2.45, 2.75) is 38.3 Å². The number of aromatic nitrogens is 2. The van der Waals surface area contributed by atoms with Gasteiger partial charge in [-0.05, 0) is 17.0 Å². The Labute approximate surface area is 132 Å². The molecule has 2 heterocycles. The van der Waals surface area contributed by atoms with Gasteiger partial charge in [-0.2, -0.15) is 10.4 Å². The Kier molecular flexibility index (Phi) is 4.00. The van der Waals surface area contributed by atoms with Gasteiger partial charge >= 0.3 is 0 Å². The normalized spacial score (nSPS) is 17.2. The maximum atomic E-state index is 9.21. The number of hydrogen-bond donors (Lipinski definition) is 0. The molecule has 0 unspecified atom stereocenters. The minimum Gasteiger partial charge on any atom is -0.294 e. The first-order valence-electron chi connectivity index (χ1n) is 7.81. The summed E-state index contributed by atoms with van der Waals surface area (Å²) in [4.78, 5) is 2.38. The van der Waals surface area contributed by atoms with E-state index in [2.05, 4.69) is 60.4 Å². The van der Waals surface area contributed by atoms with E-state index in [-0.39, 0.29) is 5.54 Å². The van der Waals surface area contributed by atoms with Crippen LogP contribution in [0.2, 0.25) is 0 Å². The van der Waals surface area contributed by atoms with Crippen molar-refractivity contribution in [2.24, 2.45) is 0 Å². The summed E-state index contributed by atoms with van der Waals surface area (Å²) in [7, 11) is 0. The number of benzene rings is 1. The van der Waals surface area contributed by atoms with Gasteiger partial charge in [-0.15, -0.1) is 0 Å². The summed E-state index contributed by atoms with van der Waals surface area (Å²) in [5.74, 6) is 0.466. The standard InChI is InChI=1S/C18H22N4/c1-15(2)17-10-20-22(12-17)18(8-9-19)13-21(14-18)11-16-6-4-3-5-7-16/h3-7,10,12,15H,8,11,13-14H2,1-2H3. The second-order valence-corrected chi connectivity index (χ2v) is 6.56. The lowest BCUT2D eigenvalue weighted by Gasteiger charge is -2.49. The van der Waals surface area contributed by atoms with Gasteiger partial charge in [0.2, 0.25) is 0 Å². The third-order valence-electron chi connectivity index (χ3n) is 4.45. The molecule has 1 aromatic carbocycles. The molecule has 4 nitrogen and oxygen atoms in total. The predicted molar refractivity (Wildman–Crippen MR) is 86.2 cm³/mol. The Bertz CT molecular complexity index is 660. The Morgan fingerprint density at radius 2 is 2.00 bits per heavy atom. The highest BCUT2D eigenvalue weighted by Crippen LogP contribution is 2.33. The lowest BCUT2D eigenvalue weighted by atomic mass is 9.86. The Hall–Kier alpha value is -2.12. The van der Waals surface area contributed by atoms with Crippen molar-refractivity contribution >= 4 is 0 Å². The van der Waals surface area contributed by atoms with Crippen molar-refractivity contribution in [3.63, 3.8) is 0 Å². The van der Waals surface area contributed by atoms with Gasteiger partial charge in [-0.1, -0.05) is 44.2 Å². The molecule has 1 aliphatic rings. The topological polar surface area (TPSA) is 44.9 Å². The van der Waals surface area contributed by atoms with E-state index in [1.54, 1.807) is 0 Å². The highest BCUT2D eigenvalue weighted by Gasteiger charge is 2.45. The summed E-state index contributed by atoms with van der Waals surface area (Å²) in [5, 5.41) is 13.7. The molecular formula is C18H22N4. The van der Waals surface area contributed by atoms with Gasteiger partial charge in [-0.3, -0.25) is 9.58 Å². The van der Waals surface area contributed by atoms with E-state index in [9.17, 15) is 5.26 Å². The average molecular weight is 294 g/mol. The van der Waals surface area contributed by atoms with Crippen molar-refractivity contribution in [1.29, 1.82) is 5.26 Å². The summed E-state index contributed by atoms with van der Waals surface area (Å²) in [6.45, 7) is 7.04. The van der Waals surface area contributed by atoms with Crippen molar-refractivity contribution < 1.29 is 0 Å². The Morgan fingerprint density at radius 1 is 1.27 bits per heavy atom. The molecule has 0 bridgehead atoms. The summed E-state index contributed by atoms with van der Waals surface area (Å²) < 4.78 is 2.02. The molecule has 0 amide bonds. The molecule has 0 radical (unpaired) electrons. The van der Waals surface area contributed by atoms with Crippen LogP contribution in [0.25, 0.3) is 0 Å². The molecule has 1 aliphatic heterocycles. The molecule has 2 aromatic rings. The lowest BCUT2D eigenvalue weighted by molar-refractivity contribution is -0.000984. The number of hydrogen-bond acceptors (Lipinski definition) is 3. The second kappa shape index (κ2) is 5.94. The summed E-state index contributed by atoms with van der Waals surface area (Å²) >= 11 is 0. The summed E-state index contributed by atoms with van der Waals surface area (Å²) in [6.07, 6.45) is 4.56. The van der Waals surface area contributed by atoms with Crippen LogP contribution in [0.1, 0.15) is 37.3 Å². The second-order valence-electron chi connectivity index (χ2n) is 6.56. The zero-order valence-corrected chi connectivity index (χ0v) is 13.2. The van der Waals surface area contributed by atoms with E-state index in [0.717, 1.165) is 19.6 Å². The zero-order chi connectivity index (χ0) is 15.6. The van der Waals surface area contributed by atoms with Gasteiger partial charge in [0, 0.05) is 25.8 Å². The van der Waals surface area contributed by atoms with Gasteiger partial charge < -0.3 is 0 Å². The van der Waals surface area contributed by atoms with Gasteiger partial charge in [0.15, 0.2) is 0 Å². The molecule has 1 fully saturated rings. The number of nitrogens with zero attached hydrogens (tertiary/aromatic N) is 4. The van der Waals surface area contributed by atoms with Crippen molar-refractivity contribution in [3.8, 4) is 6.07 Å². The van der Waals surface area contributed by atoms with E-state index >= 15 is 0 Å². The predicted octanol–water partition coefficient (Wildman–Crippen LogP) is 3.13. The molecule has 4 heteroatoms. The maximum absolute atomic E-state index is 9.21. The molecule has 0 aliphatic carbocycles. The molecule has 0 atom stereocenters. The van der Waals surface area contributed by atoms with Gasteiger partial charge in [0.25, 0.3) is 0 Å². The van der Waals surface area contributed by atoms with Crippen molar-refractivity contribution in [2.75, 3.05) is 13.1 Å². The lowest BCUT2D eigenvalue weighted by Crippen LogP contribution is -2.62. The average Bonchev–Trinajstić information content (AvgIpc) is 2.96. The van der Waals surface area contributed by atoms with Crippen LogP contribution < -0.4 is 0 Å². The first-order chi connectivity index (χ1) is 10.6. The van der Waals surface area contributed by atoms with Crippen LogP contribution in [0.3, 0.4) is 0 Å². The van der Waals surface area contributed by atoms with E-state index in [1.165, 1.54) is 11.1 Å². The fourth-order valence-electron chi connectivity index (χ4n) is 3.12. The third-order valence-corrected chi connectivity index (χ3v) is 4.45. The smallest absolute Gasteiger partial charge is 0.101 e. The first kappa shape index (κ1) is 14.8. The molecule has 0 spiro atoms. The van der Waals surface area contributed by atoms with E-state index in [4.69, 9.17) is 0 Å². The third kappa shape index (κ3) is 2.77. The van der Waals surface area contributed by atoms with Crippen molar-refractivity contribution in [3.05, 3.63) is 53.9 Å². The Balaban J connectivity index is 1.71. The zero-order valence-electron chi connectivity index (χ0n) is 13.2.